The summed E-state index contributed by atoms with van der Waals surface area (Å²) in [4.78, 5) is 40.1. The molecule has 1 heterocycles. The third-order valence-corrected chi connectivity index (χ3v) is 5.81. The maximum absolute atomic E-state index is 12.9. The fourth-order valence-corrected chi connectivity index (χ4v) is 4.06. The number of hydrogen-bond acceptors (Lipinski definition) is 8. The third kappa shape index (κ3) is 6.47. The second-order valence-electron chi connectivity index (χ2n) is 8.06. The van der Waals surface area contributed by atoms with Crippen molar-refractivity contribution in [3.63, 3.8) is 0 Å². The lowest BCUT2D eigenvalue weighted by molar-refractivity contribution is -0.384. The number of rotatable bonds is 9. The van der Waals surface area contributed by atoms with Crippen LogP contribution < -0.4 is 14.5 Å². The van der Waals surface area contributed by atoms with Crippen molar-refractivity contribution >= 4 is 28.9 Å². The summed E-state index contributed by atoms with van der Waals surface area (Å²) >= 11 is 0. The van der Waals surface area contributed by atoms with Gasteiger partial charge in [-0.3, -0.25) is 14.9 Å². The summed E-state index contributed by atoms with van der Waals surface area (Å²) in [7, 11) is 1.47. The molecular weight excluding hydrogens is 452 g/mol. The summed E-state index contributed by atoms with van der Waals surface area (Å²) in [5.74, 6) is -0.956. The van der Waals surface area contributed by atoms with E-state index in [9.17, 15) is 19.7 Å². The average molecular weight is 481 g/mol. The van der Waals surface area contributed by atoms with Gasteiger partial charge in [0.05, 0.1) is 35.8 Å². The number of nitrogens with zero attached hydrogens (tertiary/aromatic N) is 4. The Kier molecular flexibility index (Phi) is 9.01. The molecule has 3 rings (SSSR count). The van der Waals surface area contributed by atoms with Crippen LogP contribution in [0.4, 0.5) is 17.1 Å². The Morgan fingerprint density at radius 2 is 1.86 bits per heavy atom. The molecule has 10 nitrogen and oxygen atoms in total. The molecule has 0 aliphatic carbocycles. The highest BCUT2D eigenvalue weighted by molar-refractivity contribution is 5.98. The number of amides is 1. The van der Waals surface area contributed by atoms with E-state index in [1.54, 1.807) is 30.3 Å². The van der Waals surface area contributed by atoms with E-state index in [4.69, 9.17) is 14.7 Å². The number of anilines is 2. The summed E-state index contributed by atoms with van der Waals surface area (Å²) in [6.07, 6.45) is 4.16. The van der Waals surface area contributed by atoms with Gasteiger partial charge >= 0.3 is 5.97 Å². The monoisotopic (exact) mass is 480 g/mol. The maximum atomic E-state index is 12.9. The molecule has 184 valence electrons. The highest BCUT2D eigenvalue weighted by Gasteiger charge is 2.25. The summed E-state index contributed by atoms with van der Waals surface area (Å²) < 4.78 is 10.5. The van der Waals surface area contributed by atoms with Gasteiger partial charge in [0.15, 0.2) is 6.61 Å². The number of para-hydroxylation sites is 2. The molecule has 2 aromatic rings. The van der Waals surface area contributed by atoms with Gasteiger partial charge in [0.25, 0.3) is 11.6 Å². The van der Waals surface area contributed by atoms with E-state index in [-0.39, 0.29) is 24.2 Å². The largest absolute Gasteiger partial charge is 0.495 e. The van der Waals surface area contributed by atoms with Crippen molar-refractivity contribution in [2.45, 2.75) is 32.1 Å². The van der Waals surface area contributed by atoms with Crippen LogP contribution >= 0.6 is 0 Å². The first kappa shape index (κ1) is 25.5. The Morgan fingerprint density at radius 1 is 1.14 bits per heavy atom. The molecule has 0 atom stereocenters. The molecular formula is C25H28N4O6. The first-order chi connectivity index (χ1) is 17.0. The molecule has 1 aliphatic rings. The highest BCUT2D eigenvalue weighted by atomic mass is 16.6. The third-order valence-electron chi connectivity index (χ3n) is 5.81. The number of hydrogen-bond donors (Lipinski definition) is 0. The smallest absolute Gasteiger partial charge is 0.338 e. The minimum absolute atomic E-state index is 0.0102. The van der Waals surface area contributed by atoms with Crippen LogP contribution in [0.5, 0.6) is 5.75 Å². The molecule has 1 saturated heterocycles. The molecule has 0 radical (unpaired) electrons. The van der Waals surface area contributed by atoms with E-state index in [0.717, 1.165) is 38.8 Å². The normalized spacial score (nSPS) is 13.3. The van der Waals surface area contributed by atoms with E-state index < -0.39 is 23.4 Å². The topological polar surface area (TPSA) is 126 Å². The number of nitro benzene ring substituents is 1. The van der Waals surface area contributed by atoms with Crippen LogP contribution in [0, 0.1) is 21.4 Å². The standard InChI is InChI=1S/C25H28N4O6/c1-34-23-10-5-4-9-21(23)28(16-8-13-26)24(30)18-35-25(31)19-11-12-20(22(17-19)29(32)33)27-14-6-2-3-7-15-27/h4-5,9-12,17H,2-3,6-8,14-16,18H2,1H3. The van der Waals surface area contributed by atoms with Gasteiger partial charge in [-0.1, -0.05) is 25.0 Å². The molecule has 0 spiro atoms. The summed E-state index contributed by atoms with van der Waals surface area (Å²) in [5.41, 5.74) is 0.744. The number of nitriles is 1. The van der Waals surface area contributed by atoms with E-state index in [1.807, 2.05) is 11.0 Å². The lowest BCUT2D eigenvalue weighted by atomic mass is 10.1. The molecule has 2 aromatic carbocycles. The first-order valence-electron chi connectivity index (χ1n) is 11.5. The van der Waals surface area contributed by atoms with Crippen LogP contribution in [0.3, 0.4) is 0 Å². The summed E-state index contributed by atoms with van der Waals surface area (Å²) in [5, 5.41) is 20.7. The van der Waals surface area contributed by atoms with Crippen molar-refractivity contribution in [1.29, 1.82) is 5.26 Å². The SMILES string of the molecule is COc1ccccc1N(CCC#N)C(=O)COC(=O)c1ccc(N2CCCCCC2)c([N+](=O)[O-])c1. The lowest BCUT2D eigenvalue weighted by Gasteiger charge is -2.23. The second-order valence-corrected chi connectivity index (χ2v) is 8.06. The van der Waals surface area contributed by atoms with Gasteiger partial charge in [-0.25, -0.2) is 4.79 Å². The van der Waals surface area contributed by atoms with Gasteiger partial charge < -0.3 is 19.3 Å². The minimum atomic E-state index is -0.843. The molecule has 10 heteroatoms. The number of methoxy groups -OCH3 is 1. The van der Waals surface area contributed by atoms with Crippen molar-refractivity contribution in [3.05, 3.63) is 58.1 Å². The summed E-state index contributed by atoms with van der Waals surface area (Å²) in [6, 6.07) is 13.1. The van der Waals surface area contributed by atoms with Gasteiger partial charge in [0.2, 0.25) is 0 Å². The zero-order valence-electron chi connectivity index (χ0n) is 19.6. The highest BCUT2D eigenvalue weighted by Crippen LogP contribution is 2.31. The predicted octanol–water partition coefficient (Wildman–Crippen LogP) is 4.09. The van der Waals surface area contributed by atoms with Gasteiger partial charge in [-0.05, 0) is 37.1 Å². The number of ether oxygens (including phenoxy) is 2. The molecule has 1 aliphatic heterocycles. The van der Waals surface area contributed by atoms with Crippen molar-refractivity contribution in [1.82, 2.24) is 0 Å². The predicted molar refractivity (Wildman–Crippen MR) is 130 cm³/mol. The fourth-order valence-electron chi connectivity index (χ4n) is 4.06. The van der Waals surface area contributed by atoms with Gasteiger partial charge in [0.1, 0.15) is 11.4 Å². The lowest BCUT2D eigenvalue weighted by Crippen LogP contribution is -2.35. The molecule has 0 bridgehead atoms. The minimum Gasteiger partial charge on any atom is -0.495 e. The van der Waals surface area contributed by atoms with Crippen LogP contribution in [0.15, 0.2) is 42.5 Å². The Hall–Kier alpha value is -4.13. The number of esters is 1. The van der Waals surface area contributed by atoms with E-state index in [1.165, 1.54) is 24.1 Å². The molecule has 0 N–H and O–H groups in total. The van der Waals surface area contributed by atoms with E-state index in [2.05, 4.69) is 0 Å². The zero-order valence-corrected chi connectivity index (χ0v) is 19.6. The number of benzene rings is 2. The Bertz CT molecular complexity index is 1110. The Morgan fingerprint density at radius 3 is 2.51 bits per heavy atom. The van der Waals surface area contributed by atoms with Gasteiger partial charge in [0, 0.05) is 25.7 Å². The molecule has 0 unspecified atom stereocenters. The van der Waals surface area contributed by atoms with E-state index >= 15 is 0 Å². The second kappa shape index (κ2) is 12.4. The van der Waals surface area contributed by atoms with Crippen molar-refractivity contribution < 1.29 is 24.0 Å². The molecule has 0 saturated carbocycles. The van der Waals surface area contributed by atoms with Crippen LogP contribution in [0.2, 0.25) is 0 Å². The number of carbonyl (C=O) groups is 2. The Balaban J connectivity index is 1.74. The van der Waals surface area contributed by atoms with Gasteiger partial charge in [-0.2, -0.15) is 5.26 Å². The van der Waals surface area contributed by atoms with E-state index in [0.29, 0.717) is 17.1 Å². The molecule has 35 heavy (non-hydrogen) atoms. The van der Waals surface area contributed by atoms with Crippen molar-refractivity contribution in [2.24, 2.45) is 0 Å². The van der Waals surface area contributed by atoms with Gasteiger partial charge in [-0.15, -0.1) is 0 Å². The van der Waals surface area contributed by atoms with Crippen molar-refractivity contribution in [3.8, 4) is 11.8 Å². The maximum Gasteiger partial charge on any atom is 0.338 e. The number of nitro groups is 1. The molecule has 0 aromatic heterocycles. The fraction of sp³-hybridized carbons (Fsp3) is 0.400. The zero-order chi connectivity index (χ0) is 25.2. The average Bonchev–Trinajstić information content (AvgIpc) is 3.17. The first-order valence-corrected chi connectivity index (χ1v) is 11.5. The quantitative estimate of drug-likeness (QED) is 0.298. The molecule has 1 fully saturated rings. The molecule has 1 amide bonds. The number of carbonyl (C=O) groups excluding carboxylic acids is 2. The van der Waals surface area contributed by atoms with Crippen molar-refractivity contribution in [2.75, 3.05) is 43.2 Å². The van der Waals surface area contributed by atoms with Crippen LogP contribution in [0.25, 0.3) is 0 Å². The van der Waals surface area contributed by atoms with Crippen LogP contribution in [-0.2, 0) is 9.53 Å². The summed E-state index contributed by atoms with van der Waals surface area (Å²) in [6.45, 7) is 0.939. The van der Waals surface area contributed by atoms with Crippen LogP contribution in [-0.4, -0.2) is 50.2 Å². The van der Waals surface area contributed by atoms with Crippen LogP contribution in [0.1, 0.15) is 42.5 Å². The Labute approximate surface area is 203 Å².